The second-order valence-corrected chi connectivity index (χ2v) is 7.72. The molecule has 2 heterocycles. The molecule has 3 aromatic rings. The van der Waals surface area contributed by atoms with Crippen LogP contribution in [0.25, 0.3) is 10.2 Å². The Bertz CT molecular complexity index is 935. The van der Waals surface area contributed by atoms with Gasteiger partial charge in [-0.25, -0.2) is 4.98 Å². The number of thiazole rings is 1. The summed E-state index contributed by atoms with van der Waals surface area (Å²) in [7, 11) is 0. The molecule has 1 fully saturated rings. The fourth-order valence-corrected chi connectivity index (χ4v) is 4.44. The lowest BCUT2D eigenvalue weighted by Gasteiger charge is -2.34. The van der Waals surface area contributed by atoms with E-state index < -0.39 is 0 Å². The van der Waals surface area contributed by atoms with Crippen molar-refractivity contribution in [1.82, 2.24) is 9.88 Å². The van der Waals surface area contributed by atoms with E-state index in [1.165, 1.54) is 0 Å². The molecule has 0 unspecified atom stereocenters. The zero-order valence-corrected chi connectivity index (χ0v) is 15.6. The number of hydrogen-bond acceptors (Lipinski definition) is 4. The molecule has 0 aliphatic carbocycles. The molecule has 4 rings (SSSR count). The van der Waals surface area contributed by atoms with Gasteiger partial charge in [0.25, 0.3) is 5.91 Å². The van der Waals surface area contributed by atoms with Crippen LogP contribution in [0.1, 0.15) is 10.4 Å². The first kappa shape index (κ1) is 16.6. The summed E-state index contributed by atoms with van der Waals surface area (Å²) in [6.07, 6.45) is 0. The first-order chi connectivity index (χ1) is 12.1. The number of amides is 1. The van der Waals surface area contributed by atoms with Crippen LogP contribution in [0.4, 0.5) is 5.13 Å². The van der Waals surface area contributed by atoms with Gasteiger partial charge in [0.2, 0.25) is 0 Å². The SMILES string of the molecule is O=C(c1ccccc1Cl)N1CCN(c2nc3ccc(Cl)cc3s2)CC1. The summed E-state index contributed by atoms with van der Waals surface area (Å²) < 4.78 is 1.08. The molecule has 1 aliphatic rings. The van der Waals surface area contributed by atoms with Crippen molar-refractivity contribution in [2.75, 3.05) is 31.1 Å². The third kappa shape index (κ3) is 3.32. The molecule has 0 N–H and O–H groups in total. The topological polar surface area (TPSA) is 36.4 Å². The Kier molecular flexibility index (Phi) is 4.54. The first-order valence-electron chi connectivity index (χ1n) is 7.97. The zero-order valence-electron chi connectivity index (χ0n) is 13.3. The van der Waals surface area contributed by atoms with E-state index in [0.717, 1.165) is 33.5 Å². The summed E-state index contributed by atoms with van der Waals surface area (Å²) in [5, 5.41) is 2.19. The van der Waals surface area contributed by atoms with Crippen molar-refractivity contribution in [3.8, 4) is 0 Å². The Balaban J connectivity index is 1.47. The number of nitrogens with zero attached hydrogens (tertiary/aromatic N) is 3. The van der Waals surface area contributed by atoms with Crippen LogP contribution >= 0.6 is 34.5 Å². The van der Waals surface area contributed by atoms with E-state index >= 15 is 0 Å². The van der Waals surface area contributed by atoms with Crippen LogP contribution in [0.15, 0.2) is 42.5 Å². The molecule has 4 nitrogen and oxygen atoms in total. The van der Waals surface area contributed by atoms with Crippen LogP contribution in [0, 0.1) is 0 Å². The van der Waals surface area contributed by atoms with E-state index in [1.807, 2.05) is 35.2 Å². The predicted molar refractivity (Wildman–Crippen MR) is 104 cm³/mol. The highest BCUT2D eigenvalue weighted by Crippen LogP contribution is 2.31. The fraction of sp³-hybridized carbons (Fsp3) is 0.222. The van der Waals surface area contributed by atoms with Crippen LogP contribution in [-0.2, 0) is 0 Å². The Labute approximate surface area is 159 Å². The lowest BCUT2D eigenvalue weighted by atomic mass is 10.2. The van der Waals surface area contributed by atoms with Crippen molar-refractivity contribution < 1.29 is 4.79 Å². The maximum absolute atomic E-state index is 12.6. The molecule has 128 valence electrons. The molecule has 7 heteroatoms. The van der Waals surface area contributed by atoms with Gasteiger partial charge in [-0.1, -0.05) is 46.7 Å². The quantitative estimate of drug-likeness (QED) is 0.641. The van der Waals surface area contributed by atoms with Crippen molar-refractivity contribution in [3.63, 3.8) is 0 Å². The van der Waals surface area contributed by atoms with E-state index in [-0.39, 0.29) is 5.91 Å². The van der Waals surface area contributed by atoms with Gasteiger partial charge in [-0.2, -0.15) is 0 Å². The van der Waals surface area contributed by atoms with E-state index in [4.69, 9.17) is 23.2 Å². The van der Waals surface area contributed by atoms with Gasteiger partial charge in [-0.05, 0) is 30.3 Å². The van der Waals surface area contributed by atoms with E-state index in [9.17, 15) is 4.79 Å². The largest absolute Gasteiger partial charge is 0.345 e. The molecule has 0 bridgehead atoms. The minimum Gasteiger partial charge on any atom is -0.345 e. The smallest absolute Gasteiger partial charge is 0.255 e. The lowest BCUT2D eigenvalue weighted by Crippen LogP contribution is -2.48. The van der Waals surface area contributed by atoms with Crippen LogP contribution in [0.3, 0.4) is 0 Å². The molecule has 2 aromatic carbocycles. The predicted octanol–water partition coefficient (Wildman–Crippen LogP) is 4.57. The van der Waals surface area contributed by atoms with Gasteiger partial charge in [0, 0.05) is 31.2 Å². The van der Waals surface area contributed by atoms with Gasteiger partial charge in [-0.3, -0.25) is 4.79 Å². The van der Waals surface area contributed by atoms with E-state index in [1.54, 1.807) is 23.5 Å². The summed E-state index contributed by atoms with van der Waals surface area (Å²) in [4.78, 5) is 21.4. The number of carbonyl (C=O) groups is 1. The van der Waals surface area contributed by atoms with Crippen LogP contribution < -0.4 is 4.90 Å². The molecule has 0 saturated carbocycles. The number of anilines is 1. The number of benzene rings is 2. The number of hydrogen-bond donors (Lipinski definition) is 0. The van der Waals surface area contributed by atoms with Crippen molar-refractivity contribution in [3.05, 3.63) is 58.1 Å². The molecule has 1 aromatic heterocycles. The van der Waals surface area contributed by atoms with Gasteiger partial charge in [0.1, 0.15) is 0 Å². The highest BCUT2D eigenvalue weighted by atomic mass is 35.5. The number of halogens is 2. The number of rotatable bonds is 2. The Morgan fingerprint density at radius 2 is 1.80 bits per heavy atom. The van der Waals surface area contributed by atoms with E-state index in [2.05, 4.69) is 9.88 Å². The van der Waals surface area contributed by atoms with Crippen LogP contribution in [0.2, 0.25) is 10.0 Å². The monoisotopic (exact) mass is 391 g/mol. The normalized spacial score (nSPS) is 15.0. The highest BCUT2D eigenvalue weighted by Gasteiger charge is 2.24. The summed E-state index contributed by atoms with van der Waals surface area (Å²) in [5.41, 5.74) is 1.52. The standard InChI is InChI=1S/C18H15Cl2N3OS/c19-12-5-6-15-16(11-12)25-18(21-15)23-9-7-22(8-10-23)17(24)13-3-1-2-4-14(13)20/h1-6,11H,7-10H2. The lowest BCUT2D eigenvalue weighted by molar-refractivity contribution is 0.0747. The van der Waals surface area contributed by atoms with E-state index in [0.29, 0.717) is 23.7 Å². The average molecular weight is 392 g/mol. The summed E-state index contributed by atoms with van der Waals surface area (Å²) in [6, 6.07) is 12.9. The Morgan fingerprint density at radius 3 is 2.56 bits per heavy atom. The van der Waals surface area contributed by atoms with Gasteiger partial charge < -0.3 is 9.80 Å². The number of piperazine rings is 1. The molecule has 0 spiro atoms. The second-order valence-electron chi connectivity index (χ2n) is 5.87. The molecule has 0 radical (unpaired) electrons. The molecule has 0 atom stereocenters. The summed E-state index contributed by atoms with van der Waals surface area (Å²) >= 11 is 13.8. The maximum atomic E-state index is 12.6. The number of carbonyl (C=O) groups excluding carboxylic acids is 1. The zero-order chi connectivity index (χ0) is 17.4. The fourth-order valence-electron chi connectivity index (χ4n) is 2.93. The third-order valence-corrected chi connectivity index (χ3v) is 5.92. The minimum atomic E-state index is -0.0127. The summed E-state index contributed by atoms with van der Waals surface area (Å²) in [6.45, 7) is 2.81. The second kappa shape index (κ2) is 6.83. The van der Waals surface area contributed by atoms with Crippen LogP contribution in [-0.4, -0.2) is 42.0 Å². The van der Waals surface area contributed by atoms with Crippen molar-refractivity contribution >= 4 is 55.8 Å². The third-order valence-electron chi connectivity index (χ3n) is 4.28. The van der Waals surface area contributed by atoms with Crippen molar-refractivity contribution in [2.24, 2.45) is 0 Å². The molecular weight excluding hydrogens is 377 g/mol. The highest BCUT2D eigenvalue weighted by molar-refractivity contribution is 7.22. The van der Waals surface area contributed by atoms with Gasteiger partial charge in [0.15, 0.2) is 5.13 Å². The number of fused-ring (bicyclic) bond motifs is 1. The van der Waals surface area contributed by atoms with Gasteiger partial charge >= 0.3 is 0 Å². The maximum Gasteiger partial charge on any atom is 0.255 e. The Morgan fingerprint density at radius 1 is 1.04 bits per heavy atom. The average Bonchev–Trinajstić information content (AvgIpc) is 3.05. The molecule has 1 saturated heterocycles. The molecule has 1 aliphatic heterocycles. The van der Waals surface area contributed by atoms with Crippen molar-refractivity contribution in [2.45, 2.75) is 0 Å². The molecule has 1 amide bonds. The molecular formula is C18H15Cl2N3OS. The minimum absolute atomic E-state index is 0.0127. The van der Waals surface area contributed by atoms with Gasteiger partial charge in [0.05, 0.1) is 20.8 Å². The summed E-state index contributed by atoms with van der Waals surface area (Å²) in [5.74, 6) is -0.0127. The van der Waals surface area contributed by atoms with Gasteiger partial charge in [-0.15, -0.1) is 0 Å². The van der Waals surface area contributed by atoms with Crippen LogP contribution in [0.5, 0.6) is 0 Å². The Hall–Kier alpha value is -1.82. The molecule has 25 heavy (non-hydrogen) atoms. The first-order valence-corrected chi connectivity index (χ1v) is 9.54. The number of aromatic nitrogens is 1. The van der Waals surface area contributed by atoms with Crippen molar-refractivity contribution in [1.29, 1.82) is 0 Å².